The van der Waals surface area contributed by atoms with E-state index in [4.69, 9.17) is 4.52 Å². The number of rotatable bonds is 4. The van der Waals surface area contributed by atoms with Crippen LogP contribution in [0, 0.1) is 13.8 Å². The van der Waals surface area contributed by atoms with Crippen molar-refractivity contribution in [1.82, 2.24) is 18.7 Å². The summed E-state index contributed by atoms with van der Waals surface area (Å²) in [4.78, 5) is 2.27. The number of aryl methyl sites for hydroxylation is 2. The largest absolute Gasteiger partial charge is 0.361 e. The molecule has 1 aromatic heterocycles. The van der Waals surface area contributed by atoms with E-state index in [9.17, 15) is 8.42 Å². The van der Waals surface area contributed by atoms with E-state index < -0.39 is 10.2 Å². The van der Waals surface area contributed by atoms with Crippen molar-refractivity contribution in [2.24, 2.45) is 0 Å². The van der Waals surface area contributed by atoms with Crippen LogP contribution in [0.3, 0.4) is 0 Å². The zero-order valence-corrected chi connectivity index (χ0v) is 14.1. The van der Waals surface area contributed by atoms with Gasteiger partial charge in [-0.2, -0.15) is 17.0 Å². The van der Waals surface area contributed by atoms with Crippen molar-refractivity contribution in [3.8, 4) is 0 Å². The molecule has 0 atom stereocenters. The van der Waals surface area contributed by atoms with Gasteiger partial charge in [0.05, 0.1) is 5.69 Å². The van der Waals surface area contributed by atoms with Crippen LogP contribution >= 0.6 is 0 Å². The Morgan fingerprint density at radius 1 is 1.00 bits per heavy atom. The van der Waals surface area contributed by atoms with Crippen molar-refractivity contribution in [2.45, 2.75) is 33.2 Å². The minimum absolute atomic E-state index is 0.558. The average molecular weight is 328 g/mol. The van der Waals surface area contributed by atoms with Gasteiger partial charge in [-0.05, 0) is 26.7 Å². The lowest BCUT2D eigenvalue weighted by Gasteiger charge is -2.35. The summed E-state index contributed by atoms with van der Waals surface area (Å²) in [5.74, 6) is 0.851. The Balaban J connectivity index is 1.58. The Labute approximate surface area is 132 Å². The van der Waals surface area contributed by atoms with Gasteiger partial charge in [-0.1, -0.05) is 5.16 Å². The standard InChI is InChI=1S/C14H24N4O3S/c1-12-14(13(2)21-15-12)11-16-7-9-18(10-8-16)22(19,20)17-5-3-4-6-17/h3-11H2,1-2H3. The van der Waals surface area contributed by atoms with Crippen LogP contribution in [0.1, 0.15) is 29.9 Å². The van der Waals surface area contributed by atoms with Gasteiger partial charge < -0.3 is 4.52 Å². The van der Waals surface area contributed by atoms with E-state index in [0.29, 0.717) is 26.2 Å². The molecule has 2 aliphatic rings. The number of nitrogens with zero attached hydrogens (tertiary/aromatic N) is 4. The molecule has 2 saturated heterocycles. The van der Waals surface area contributed by atoms with Crippen molar-refractivity contribution >= 4 is 10.2 Å². The van der Waals surface area contributed by atoms with Gasteiger partial charge in [-0.25, -0.2) is 0 Å². The van der Waals surface area contributed by atoms with E-state index in [0.717, 1.165) is 49.5 Å². The highest BCUT2D eigenvalue weighted by molar-refractivity contribution is 7.86. The van der Waals surface area contributed by atoms with Crippen LogP contribution in [0.25, 0.3) is 0 Å². The van der Waals surface area contributed by atoms with Crippen LogP contribution in [0.4, 0.5) is 0 Å². The molecule has 1 aromatic rings. The lowest BCUT2D eigenvalue weighted by molar-refractivity contribution is 0.175. The molecule has 0 spiro atoms. The molecule has 0 bridgehead atoms. The molecule has 7 nitrogen and oxygen atoms in total. The highest BCUT2D eigenvalue weighted by Gasteiger charge is 2.33. The fraction of sp³-hybridized carbons (Fsp3) is 0.786. The lowest BCUT2D eigenvalue weighted by atomic mass is 10.2. The summed E-state index contributed by atoms with van der Waals surface area (Å²) >= 11 is 0. The van der Waals surface area contributed by atoms with Gasteiger partial charge in [-0.15, -0.1) is 0 Å². The maximum Gasteiger partial charge on any atom is 0.282 e. The summed E-state index contributed by atoms with van der Waals surface area (Å²) in [7, 11) is -3.25. The van der Waals surface area contributed by atoms with Crippen molar-refractivity contribution < 1.29 is 12.9 Å². The van der Waals surface area contributed by atoms with Crippen molar-refractivity contribution in [3.05, 3.63) is 17.0 Å². The molecule has 0 saturated carbocycles. The van der Waals surface area contributed by atoms with Crippen LogP contribution in [0.2, 0.25) is 0 Å². The smallest absolute Gasteiger partial charge is 0.282 e. The summed E-state index contributed by atoms with van der Waals surface area (Å²) in [5, 5.41) is 3.97. The molecule has 3 rings (SSSR count). The van der Waals surface area contributed by atoms with Gasteiger partial charge in [0.25, 0.3) is 10.2 Å². The van der Waals surface area contributed by atoms with Crippen LogP contribution in [0.5, 0.6) is 0 Å². The van der Waals surface area contributed by atoms with E-state index in [1.165, 1.54) is 0 Å². The zero-order chi connectivity index (χ0) is 15.7. The quantitative estimate of drug-likeness (QED) is 0.816. The highest BCUT2D eigenvalue weighted by atomic mass is 32.2. The van der Waals surface area contributed by atoms with E-state index in [2.05, 4.69) is 10.1 Å². The Bertz CT molecular complexity index is 595. The molecule has 22 heavy (non-hydrogen) atoms. The fourth-order valence-corrected chi connectivity index (χ4v) is 4.82. The maximum absolute atomic E-state index is 12.5. The molecular formula is C14H24N4O3S. The van der Waals surface area contributed by atoms with Crippen molar-refractivity contribution in [2.75, 3.05) is 39.3 Å². The third kappa shape index (κ3) is 3.05. The number of piperazine rings is 1. The minimum atomic E-state index is -3.25. The summed E-state index contributed by atoms with van der Waals surface area (Å²) in [6.45, 7) is 8.59. The molecule has 8 heteroatoms. The van der Waals surface area contributed by atoms with Gasteiger partial charge in [0.15, 0.2) is 0 Å². The van der Waals surface area contributed by atoms with Gasteiger partial charge in [-0.3, -0.25) is 4.90 Å². The molecule has 124 valence electrons. The molecule has 2 fully saturated rings. The molecule has 0 aromatic carbocycles. The summed E-state index contributed by atoms with van der Waals surface area (Å²) < 4.78 is 33.5. The number of hydrogen-bond donors (Lipinski definition) is 0. The monoisotopic (exact) mass is 328 g/mol. The SMILES string of the molecule is Cc1noc(C)c1CN1CCN(S(=O)(=O)N2CCCC2)CC1. The second-order valence-corrected chi connectivity index (χ2v) is 8.02. The summed E-state index contributed by atoms with van der Waals surface area (Å²) in [6.07, 6.45) is 1.95. The number of aromatic nitrogens is 1. The van der Waals surface area contributed by atoms with Crippen LogP contribution < -0.4 is 0 Å². The lowest BCUT2D eigenvalue weighted by Crippen LogP contribution is -2.52. The maximum atomic E-state index is 12.5. The van der Waals surface area contributed by atoms with E-state index >= 15 is 0 Å². The third-order valence-corrected chi connectivity index (χ3v) is 6.65. The summed E-state index contributed by atoms with van der Waals surface area (Å²) in [6, 6.07) is 0. The van der Waals surface area contributed by atoms with Gasteiger partial charge in [0.1, 0.15) is 5.76 Å². The molecule has 3 heterocycles. The van der Waals surface area contributed by atoms with E-state index in [1.54, 1.807) is 8.61 Å². The summed E-state index contributed by atoms with van der Waals surface area (Å²) in [5.41, 5.74) is 2.04. The predicted octanol–water partition coefficient (Wildman–Crippen LogP) is 0.750. The Morgan fingerprint density at radius 3 is 2.14 bits per heavy atom. The van der Waals surface area contributed by atoms with Crippen LogP contribution in [0.15, 0.2) is 4.52 Å². The van der Waals surface area contributed by atoms with E-state index in [-0.39, 0.29) is 0 Å². The van der Waals surface area contributed by atoms with E-state index in [1.807, 2.05) is 13.8 Å². The fourth-order valence-electron chi connectivity index (χ4n) is 3.15. The molecule has 2 aliphatic heterocycles. The first-order valence-electron chi connectivity index (χ1n) is 7.88. The predicted molar refractivity (Wildman–Crippen MR) is 82.6 cm³/mol. The topological polar surface area (TPSA) is 69.9 Å². The first kappa shape index (κ1) is 15.9. The molecule has 0 unspecified atom stereocenters. The minimum Gasteiger partial charge on any atom is -0.361 e. The zero-order valence-electron chi connectivity index (χ0n) is 13.3. The molecular weight excluding hydrogens is 304 g/mol. The Kier molecular flexibility index (Phi) is 4.54. The number of hydrogen-bond acceptors (Lipinski definition) is 5. The van der Waals surface area contributed by atoms with Crippen LogP contribution in [-0.2, 0) is 16.8 Å². The first-order valence-corrected chi connectivity index (χ1v) is 9.27. The third-order valence-electron chi connectivity index (χ3n) is 4.61. The highest BCUT2D eigenvalue weighted by Crippen LogP contribution is 2.20. The second kappa shape index (κ2) is 6.27. The normalized spacial score (nSPS) is 22.5. The van der Waals surface area contributed by atoms with Gasteiger partial charge >= 0.3 is 0 Å². The van der Waals surface area contributed by atoms with Gasteiger partial charge in [0, 0.05) is 51.4 Å². The van der Waals surface area contributed by atoms with Crippen molar-refractivity contribution in [3.63, 3.8) is 0 Å². The second-order valence-electron chi connectivity index (χ2n) is 6.09. The molecule has 0 amide bonds. The average Bonchev–Trinajstić information content (AvgIpc) is 3.14. The van der Waals surface area contributed by atoms with Gasteiger partial charge in [0.2, 0.25) is 0 Å². The van der Waals surface area contributed by atoms with Crippen LogP contribution in [-0.4, -0.2) is 66.4 Å². The molecule has 0 aliphatic carbocycles. The van der Waals surface area contributed by atoms with Crippen molar-refractivity contribution in [1.29, 1.82) is 0 Å². The molecule has 0 N–H and O–H groups in total. The molecule has 0 radical (unpaired) electrons. The first-order chi connectivity index (χ1) is 10.5. The Morgan fingerprint density at radius 2 is 1.59 bits per heavy atom. The Hall–Kier alpha value is -0.960.